The lowest BCUT2D eigenvalue weighted by Gasteiger charge is -2.16. The molecule has 0 aliphatic carbocycles. The lowest BCUT2D eigenvalue weighted by molar-refractivity contribution is -0.137. The standard InChI is InChI=1S/C16H11ClF3IN2OS/c17-10-3-1-9(2-4-10)7-14(24)23-15(25)22-13-6-5-11(21)8-12(13)16(18,19)20/h1-6,8H,7H2,(H2,22,23,24,25). The first-order valence-electron chi connectivity index (χ1n) is 6.87. The van der Waals surface area contributed by atoms with Gasteiger partial charge in [-0.15, -0.1) is 0 Å². The number of hydrogen-bond acceptors (Lipinski definition) is 2. The summed E-state index contributed by atoms with van der Waals surface area (Å²) < 4.78 is 39.7. The molecule has 132 valence electrons. The van der Waals surface area contributed by atoms with Gasteiger partial charge in [-0.25, -0.2) is 0 Å². The first-order chi connectivity index (χ1) is 11.6. The van der Waals surface area contributed by atoms with Crippen molar-refractivity contribution in [1.29, 1.82) is 0 Å². The summed E-state index contributed by atoms with van der Waals surface area (Å²) in [5.41, 5.74) is -0.367. The molecule has 0 saturated heterocycles. The van der Waals surface area contributed by atoms with Crippen LogP contribution in [0.25, 0.3) is 0 Å². The number of thiocarbonyl (C=S) groups is 1. The zero-order valence-electron chi connectivity index (χ0n) is 12.5. The van der Waals surface area contributed by atoms with E-state index in [1.165, 1.54) is 12.1 Å². The van der Waals surface area contributed by atoms with Gasteiger partial charge in [-0.3, -0.25) is 4.79 Å². The van der Waals surface area contributed by atoms with Crippen molar-refractivity contribution < 1.29 is 18.0 Å². The summed E-state index contributed by atoms with van der Waals surface area (Å²) in [5.74, 6) is -0.445. The van der Waals surface area contributed by atoms with E-state index in [1.54, 1.807) is 46.9 Å². The van der Waals surface area contributed by atoms with Crippen molar-refractivity contribution in [3.63, 3.8) is 0 Å². The molecule has 0 aromatic heterocycles. The molecule has 2 N–H and O–H groups in total. The highest BCUT2D eigenvalue weighted by atomic mass is 127. The minimum atomic E-state index is -4.54. The number of amides is 1. The predicted molar refractivity (Wildman–Crippen MR) is 104 cm³/mol. The van der Waals surface area contributed by atoms with Crippen molar-refractivity contribution in [2.75, 3.05) is 5.32 Å². The number of halogens is 5. The minimum absolute atomic E-state index is 0.0256. The third-order valence-corrected chi connectivity index (χ3v) is 4.19. The van der Waals surface area contributed by atoms with Crippen LogP contribution >= 0.6 is 46.4 Å². The fraction of sp³-hybridized carbons (Fsp3) is 0.125. The molecule has 0 heterocycles. The largest absolute Gasteiger partial charge is 0.418 e. The van der Waals surface area contributed by atoms with Gasteiger partial charge in [0.2, 0.25) is 5.91 Å². The van der Waals surface area contributed by atoms with Gasteiger partial charge >= 0.3 is 6.18 Å². The maximum absolute atomic E-state index is 13.1. The Morgan fingerprint density at radius 3 is 2.40 bits per heavy atom. The van der Waals surface area contributed by atoms with E-state index < -0.39 is 17.6 Å². The lowest BCUT2D eigenvalue weighted by Crippen LogP contribution is -2.35. The van der Waals surface area contributed by atoms with Crippen LogP contribution in [0.5, 0.6) is 0 Å². The van der Waals surface area contributed by atoms with E-state index >= 15 is 0 Å². The van der Waals surface area contributed by atoms with E-state index in [9.17, 15) is 18.0 Å². The molecule has 3 nitrogen and oxygen atoms in total. The Bertz CT molecular complexity index is 797. The Morgan fingerprint density at radius 2 is 1.80 bits per heavy atom. The second kappa shape index (κ2) is 8.33. The summed E-state index contributed by atoms with van der Waals surface area (Å²) in [5, 5.41) is 5.13. The fourth-order valence-corrected chi connectivity index (χ4v) is 2.81. The van der Waals surface area contributed by atoms with E-state index in [4.69, 9.17) is 23.8 Å². The molecule has 0 saturated carbocycles. The Labute approximate surface area is 166 Å². The first kappa shape index (κ1) is 19.9. The summed E-state index contributed by atoms with van der Waals surface area (Å²) in [6.45, 7) is 0. The highest BCUT2D eigenvalue weighted by Gasteiger charge is 2.34. The summed E-state index contributed by atoms with van der Waals surface area (Å²) in [4.78, 5) is 11.9. The number of benzene rings is 2. The number of anilines is 1. The summed E-state index contributed by atoms with van der Waals surface area (Å²) in [6.07, 6.45) is -4.51. The quantitative estimate of drug-likeness (QED) is 0.461. The van der Waals surface area contributed by atoms with Crippen LogP contribution in [0.15, 0.2) is 42.5 Å². The summed E-state index contributed by atoms with van der Waals surface area (Å²) in [6, 6.07) is 10.4. The maximum atomic E-state index is 13.1. The van der Waals surface area contributed by atoms with E-state index in [-0.39, 0.29) is 17.2 Å². The molecular weight excluding hydrogens is 488 g/mol. The van der Waals surface area contributed by atoms with Crippen LogP contribution in [0.2, 0.25) is 5.02 Å². The molecular formula is C16H11ClF3IN2OS. The number of rotatable bonds is 3. The third-order valence-electron chi connectivity index (χ3n) is 3.07. The number of alkyl halides is 3. The second-order valence-electron chi connectivity index (χ2n) is 4.99. The Morgan fingerprint density at radius 1 is 1.16 bits per heavy atom. The molecule has 0 unspecified atom stereocenters. The number of carbonyl (C=O) groups is 1. The monoisotopic (exact) mass is 498 g/mol. The Hall–Kier alpha value is -1.39. The Kier molecular flexibility index (Phi) is 6.64. The molecule has 0 atom stereocenters. The number of hydrogen-bond donors (Lipinski definition) is 2. The van der Waals surface area contributed by atoms with Crippen LogP contribution in [0.4, 0.5) is 18.9 Å². The minimum Gasteiger partial charge on any atom is -0.332 e. The molecule has 2 aromatic carbocycles. The molecule has 0 radical (unpaired) electrons. The van der Waals surface area contributed by atoms with Gasteiger partial charge in [0.1, 0.15) is 0 Å². The predicted octanol–water partition coefficient (Wildman–Crippen LogP) is 5.02. The van der Waals surface area contributed by atoms with E-state index in [2.05, 4.69) is 10.6 Å². The van der Waals surface area contributed by atoms with Gasteiger partial charge in [0.15, 0.2) is 5.11 Å². The van der Waals surface area contributed by atoms with Gasteiger partial charge < -0.3 is 10.6 Å². The molecule has 25 heavy (non-hydrogen) atoms. The van der Waals surface area contributed by atoms with Crippen molar-refractivity contribution in [2.24, 2.45) is 0 Å². The van der Waals surface area contributed by atoms with E-state index in [1.807, 2.05) is 0 Å². The van der Waals surface area contributed by atoms with Crippen LogP contribution in [0.1, 0.15) is 11.1 Å². The molecule has 0 aliphatic rings. The van der Waals surface area contributed by atoms with Crippen LogP contribution in [-0.2, 0) is 17.4 Å². The van der Waals surface area contributed by atoms with Crippen LogP contribution in [0, 0.1) is 3.57 Å². The number of nitrogens with one attached hydrogen (secondary N) is 2. The topological polar surface area (TPSA) is 41.1 Å². The van der Waals surface area contributed by atoms with Gasteiger partial charge in [0, 0.05) is 8.59 Å². The normalized spacial score (nSPS) is 11.1. The van der Waals surface area contributed by atoms with E-state index in [0.29, 0.717) is 14.2 Å². The summed E-state index contributed by atoms with van der Waals surface area (Å²) in [7, 11) is 0. The molecule has 0 aliphatic heterocycles. The lowest BCUT2D eigenvalue weighted by atomic mass is 10.1. The zero-order chi connectivity index (χ0) is 18.6. The van der Waals surface area contributed by atoms with Gasteiger partial charge in [0.05, 0.1) is 17.7 Å². The van der Waals surface area contributed by atoms with E-state index in [0.717, 1.165) is 6.07 Å². The zero-order valence-corrected chi connectivity index (χ0v) is 16.2. The van der Waals surface area contributed by atoms with Crippen molar-refractivity contribution in [1.82, 2.24) is 5.32 Å². The van der Waals surface area contributed by atoms with Gasteiger partial charge in [-0.2, -0.15) is 13.2 Å². The molecule has 0 spiro atoms. The molecule has 9 heteroatoms. The second-order valence-corrected chi connectivity index (χ2v) is 7.08. The van der Waals surface area contributed by atoms with Gasteiger partial charge in [-0.1, -0.05) is 23.7 Å². The molecule has 2 rings (SSSR count). The third kappa shape index (κ3) is 6.12. The van der Waals surface area contributed by atoms with Gasteiger partial charge in [-0.05, 0) is 70.7 Å². The van der Waals surface area contributed by atoms with Crippen LogP contribution < -0.4 is 10.6 Å². The average molecular weight is 499 g/mol. The smallest absolute Gasteiger partial charge is 0.332 e. The summed E-state index contributed by atoms with van der Waals surface area (Å²) >= 11 is 12.5. The van der Waals surface area contributed by atoms with Crippen molar-refractivity contribution in [3.8, 4) is 0 Å². The van der Waals surface area contributed by atoms with Crippen molar-refractivity contribution in [3.05, 3.63) is 62.2 Å². The maximum Gasteiger partial charge on any atom is 0.418 e. The molecule has 0 fully saturated rings. The van der Waals surface area contributed by atoms with Crippen LogP contribution in [0.3, 0.4) is 0 Å². The Balaban J connectivity index is 2.03. The fourth-order valence-electron chi connectivity index (χ4n) is 1.97. The van der Waals surface area contributed by atoms with Gasteiger partial charge in [0.25, 0.3) is 0 Å². The van der Waals surface area contributed by atoms with Crippen LogP contribution in [-0.4, -0.2) is 11.0 Å². The highest BCUT2D eigenvalue weighted by Crippen LogP contribution is 2.35. The first-order valence-corrected chi connectivity index (χ1v) is 8.73. The number of carbonyl (C=O) groups excluding carboxylic acids is 1. The molecule has 2 aromatic rings. The SMILES string of the molecule is O=C(Cc1ccc(Cl)cc1)NC(=S)Nc1ccc(I)cc1C(F)(F)F. The van der Waals surface area contributed by atoms with Crippen molar-refractivity contribution >= 4 is 63.1 Å². The average Bonchev–Trinajstić information content (AvgIpc) is 2.50. The van der Waals surface area contributed by atoms with Crippen molar-refractivity contribution in [2.45, 2.75) is 12.6 Å². The highest BCUT2D eigenvalue weighted by molar-refractivity contribution is 14.1. The molecule has 1 amide bonds. The molecule has 0 bridgehead atoms.